The zero-order valence-electron chi connectivity index (χ0n) is 13.0. The van der Waals surface area contributed by atoms with Gasteiger partial charge in [0, 0.05) is 29.6 Å². The average Bonchev–Trinajstić information content (AvgIpc) is 2.44. The van der Waals surface area contributed by atoms with Crippen molar-refractivity contribution < 1.29 is 4.79 Å². The second-order valence-corrected chi connectivity index (χ2v) is 6.32. The van der Waals surface area contributed by atoms with Gasteiger partial charge in [0.15, 0.2) is 0 Å². The summed E-state index contributed by atoms with van der Waals surface area (Å²) in [6.07, 6.45) is 4.19. The van der Waals surface area contributed by atoms with Gasteiger partial charge < -0.3 is 10.6 Å². The molecular weight excluding hydrogens is 268 g/mol. The highest BCUT2D eigenvalue weighted by atomic mass is 32.2. The predicted octanol–water partition coefficient (Wildman–Crippen LogP) is 3.69. The normalized spacial score (nSPS) is 12.0. The molecule has 0 aliphatic heterocycles. The van der Waals surface area contributed by atoms with E-state index < -0.39 is 0 Å². The van der Waals surface area contributed by atoms with E-state index in [1.807, 2.05) is 36.9 Å². The molecule has 112 valence electrons. The van der Waals surface area contributed by atoms with Crippen LogP contribution in [0, 0.1) is 6.92 Å². The van der Waals surface area contributed by atoms with E-state index >= 15 is 0 Å². The Morgan fingerprint density at radius 2 is 2.10 bits per heavy atom. The van der Waals surface area contributed by atoms with Gasteiger partial charge >= 0.3 is 0 Å². The molecule has 1 aromatic carbocycles. The van der Waals surface area contributed by atoms with Gasteiger partial charge in [-0.05, 0) is 49.8 Å². The molecule has 0 saturated carbocycles. The van der Waals surface area contributed by atoms with Crippen molar-refractivity contribution in [1.82, 2.24) is 5.32 Å². The van der Waals surface area contributed by atoms with Crippen LogP contribution in [0.1, 0.15) is 42.6 Å². The number of carbonyl (C=O) groups is 1. The van der Waals surface area contributed by atoms with Gasteiger partial charge in [-0.1, -0.05) is 13.8 Å². The maximum Gasteiger partial charge on any atom is 0.251 e. The van der Waals surface area contributed by atoms with Crippen molar-refractivity contribution in [3.8, 4) is 0 Å². The summed E-state index contributed by atoms with van der Waals surface area (Å²) in [5.74, 6) is 0.0258. The standard InChI is InChI=1S/C16H26N2OS/c1-5-9-17-14-6-7-15(12(2)11-14)16(19)18-10-8-13(3)20-4/h6-7,11,13,17H,5,8-10H2,1-4H3,(H,18,19). The van der Waals surface area contributed by atoms with Crippen LogP contribution in [0.15, 0.2) is 18.2 Å². The van der Waals surface area contributed by atoms with Crippen molar-refractivity contribution in [2.75, 3.05) is 24.7 Å². The zero-order chi connectivity index (χ0) is 15.0. The summed E-state index contributed by atoms with van der Waals surface area (Å²) < 4.78 is 0. The summed E-state index contributed by atoms with van der Waals surface area (Å²) in [6.45, 7) is 7.98. The van der Waals surface area contributed by atoms with Crippen molar-refractivity contribution in [2.45, 2.75) is 38.9 Å². The highest BCUT2D eigenvalue weighted by molar-refractivity contribution is 7.99. The fraction of sp³-hybridized carbons (Fsp3) is 0.562. The highest BCUT2D eigenvalue weighted by Gasteiger charge is 2.09. The predicted molar refractivity (Wildman–Crippen MR) is 89.9 cm³/mol. The van der Waals surface area contributed by atoms with Gasteiger partial charge in [0.25, 0.3) is 5.91 Å². The maximum atomic E-state index is 12.1. The minimum atomic E-state index is 0.0258. The molecule has 1 unspecified atom stereocenters. The lowest BCUT2D eigenvalue weighted by Gasteiger charge is -2.12. The number of hydrogen-bond donors (Lipinski definition) is 2. The van der Waals surface area contributed by atoms with E-state index in [4.69, 9.17) is 0 Å². The summed E-state index contributed by atoms with van der Waals surface area (Å²) in [4.78, 5) is 12.1. The molecule has 4 heteroatoms. The van der Waals surface area contributed by atoms with Crippen LogP contribution < -0.4 is 10.6 Å². The van der Waals surface area contributed by atoms with Crippen LogP contribution in [-0.4, -0.2) is 30.5 Å². The number of thioether (sulfide) groups is 1. The molecule has 0 radical (unpaired) electrons. The first kappa shape index (κ1) is 16.9. The van der Waals surface area contributed by atoms with Crippen molar-refractivity contribution in [3.63, 3.8) is 0 Å². The first-order valence-corrected chi connectivity index (χ1v) is 8.52. The number of carbonyl (C=O) groups excluding carboxylic acids is 1. The average molecular weight is 294 g/mol. The number of anilines is 1. The Kier molecular flexibility index (Phi) is 7.52. The van der Waals surface area contributed by atoms with E-state index in [0.717, 1.165) is 42.7 Å². The van der Waals surface area contributed by atoms with Crippen LogP contribution in [0.3, 0.4) is 0 Å². The van der Waals surface area contributed by atoms with E-state index in [1.54, 1.807) is 0 Å². The second-order valence-electron chi connectivity index (χ2n) is 5.05. The monoisotopic (exact) mass is 294 g/mol. The molecule has 0 aliphatic carbocycles. The minimum absolute atomic E-state index is 0.0258. The summed E-state index contributed by atoms with van der Waals surface area (Å²) in [5, 5.41) is 6.91. The maximum absolute atomic E-state index is 12.1. The quantitative estimate of drug-likeness (QED) is 0.768. The molecule has 3 nitrogen and oxygen atoms in total. The Balaban J connectivity index is 2.55. The van der Waals surface area contributed by atoms with Crippen molar-refractivity contribution in [2.24, 2.45) is 0 Å². The molecule has 20 heavy (non-hydrogen) atoms. The second kappa shape index (κ2) is 8.90. The Labute approximate surface area is 126 Å². The van der Waals surface area contributed by atoms with Gasteiger partial charge in [-0.2, -0.15) is 11.8 Å². The summed E-state index contributed by atoms with van der Waals surface area (Å²) in [6, 6.07) is 5.91. The van der Waals surface area contributed by atoms with Crippen molar-refractivity contribution in [1.29, 1.82) is 0 Å². The number of hydrogen-bond acceptors (Lipinski definition) is 3. The van der Waals surface area contributed by atoms with Crippen LogP contribution in [-0.2, 0) is 0 Å². The molecule has 0 fully saturated rings. The lowest BCUT2D eigenvalue weighted by Crippen LogP contribution is -2.26. The summed E-state index contributed by atoms with van der Waals surface area (Å²) >= 11 is 1.83. The SMILES string of the molecule is CCCNc1ccc(C(=O)NCCC(C)SC)c(C)c1. The topological polar surface area (TPSA) is 41.1 Å². The van der Waals surface area contributed by atoms with Crippen molar-refractivity contribution >= 4 is 23.4 Å². The Hall–Kier alpha value is -1.16. The molecule has 0 saturated heterocycles. The summed E-state index contributed by atoms with van der Waals surface area (Å²) in [5.41, 5.74) is 2.86. The summed E-state index contributed by atoms with van der Waals surface area (Å²) in [7, 11) is 0. The molecule has 0 aliphatic rings. The highest BCUT2D eigenvalue weighted by Crippen LogP contribution is 2.15. The number of aryl methyl sites for hydroxylation is 1. The first-order valence-electron chi connectivity index (χ1n) is 7.24. The fourth-order valence-electron chi connectivity index (χ4n) is 1.90. The van der Waals surface area contributed by atoms with E-state index in [-0.39, 0.29) is 5.91 Å². The van der Waals surface area contributed by atoms with E-state index in [0.29, 0.717) is 5.25 Å². The fourth-order valence-corrected chi connectivity index (χ4v) is 2.25. The molecule has 1 atom stereocenters. The van der Waals surface area contributed by atoms with Crippen LogP contribution in [0.5, 0.6) is 0 Å². The first-order chi connectivity index (χ1) is 9.58. The van der Waals surface area contributed by atoms with E-state index in [1.165, 1.54) is 0 Å². The van der Waals surface area contributed by atoms with Gasteiger partial charge in [-0.3, -0.25) is 4.79 Å². The number of nitrogens with one attached hydrogen (secondary N) is 2. The van der Waals surface area contributed by atoms with Crippen LogP contribution >= 0.6 is 11.8 Å². The lowest BCUT2D eigenvalue weighted by atomic mass is 10.1. The molecule has 0 spiro atoms. The molecule has 2 N–H and O–H groups in total. The van der Waals surface area contributed by atoms with Crippen LogP contribution in [0.4, 0.5) is 5.69 Å². The van der Waals surface area contributed by atoms with E-state index in [2.05, 4.69) is 30.7 Å². The molecule has 0 heterocycles. The minimum Gasteiger partial charge on any atom is -0.385 e. The third kappa shape index (κ3) is 5.45. The Bertz CT molecular complexity index is 434. The smallest absolute Gasteiger partial charge is 0.251 e. The van der Waals surface area contributed by atoms with Gasteiger partial charge in [-0.25, -0.2) is 0 Å². The van der Waals surface area contributed by atoms with Crippen LogP contribution in [0.2, 0.25) is 0 Å². The zero-order valence-corrected chi connectivity index (χ0v) is 13.8. The molecule has 1 amide bonds. The van der Waals surface area contributed by atoms with Gasteiger partial charge in [0.2, 0.25) is 0 Å². The molecule has 0 bridgehead atoms. The molecular formula is C16H26N2OS. The molecule has 0 aromatic heterocycles. The van der Waals surface area contributed by atoms with Crippen LogP contribution in [0.25, 0.3) is 0 Å². The molecule has 1 aromatic rings. The largest absolute Gasteiger partial charge is 0.385 e. The number of rotatable bonds is 8. The Morgan fingerprint density at radius 1 is 1.35 bits per heavy atom. The Morgan fingerprint density at radius 3 is 2.70 bits per heavy atom. The number of benzene rings is 1. The third-order valence-corrected chi connectivity index (χ3v) is 4.33. The van der Waals surface area contributed by atoms with Crippen molar-refractivity contribution in [3.05, 3.63) is 29.3 Å². The number of amides is 1. The van der Waals surface area contributed by atoms with Gasteiger partial charge in [-0.15, -0.1) is 0 Å². The van der Waals surface area contributed by atoms with E-state index in [9.17, 15) is 4.79 Å². The van der Waals surface area contributed by atoms with Gasteiger partial charge in [0.1, 0.15) is 0 Å². The third-order valence-electron chi connectivity index (χ3n) is 3.29. The van der Waals surface area contributed by atoms with Gasteiger partial charge in [0.05, 0.1) is 0 Å². The molecule has 1 rings (SSSR count). The lowest BCUT2D eigenvalue weighted by molar-refractivity contribution is 0.0953.